The Hall–Kier alpha value is -1.99. The van der Waals surface area contributed by atoms with Crippen LogP contribution in [-0.4, -0.2) is 20.1 Å². The molecule has 5 nitrogen and oxygen atoms in total. The lowest BCUT2D eigenvalue weighted by Gasteiger charge is -2.14. The highest BCUT2D eigenvalue weighted by molar-refractivity contribution is 7.99. The first kappa shape index (κ1) is 17.8. The summed E-state index contributed by atoms with van der Waals surface area (Å²) < 4.78 is 28.3. The van der Waals surface area contributed by atoms with E-state index in [0.29, 0.717) is 17.1 Å². The second-order valence-corrected chi connectivity index (χ2v) is 8.98. The molecule has 0 fully saturated rings. The fourth-order valence-electron chi connectivity index (χ4n) is 2.61. The molecule has 2 aromatic rings. The molecule has 7 heteroatoms. The molecule has 1 amide bonds. The predicted octanol–water partition coefficient (Wildman–Crippen LogP) is 3.78. The van der Waals surface area contributed by atoms with Gasteiger partial charge < -0.3 is 5.32 Å². The number of aryl methyl sites for hydroxylation is 2. The van der Waals surface area contributed by atoms with Gasteiger partial charge in [0.1, 0.15) is 0 Å². The van der Waals surface area contributed by atoms with Crippen molar-refractivity contribution in [1.82, 2.24) is 0 Å². The first-order chi connectivity index (χ1) is 11.8. The minimum atomic E-state index is -3.75. The Kier molecular flexibility index (Phi) is 4.79. The van der Waals surface area contributed by atoms with Gasteiger partial charge in [0.15, 0.2) is 0 Å². The van der Waals surface area contributed by atoms with Gasteiger partial charge >= 0.3 is 0 Å². The van der Waals surface area contributed by atoms with Gasteiger partial charge in [0.25, 0.3) is 10.0 Å². The van der Waals surface area contributed by atoms with E-state index < -0.39 is 10.0 Å². The second kappa shape index (κ2) is 6.72. The zero-order chi connectivity index (χ0) is 18.2. The maximum atomic E-state index is 12.8. The number of sulfonamides is 1. The van der Waals surface area contributed by atoms with Gasteiger partial charge in [-0.2, -0.15) is 0 Å². The number of fused-ring (bicyclic) bond motifs is 1. The highest BCUT2D eigenvalue weighted by atomic mass is 32.2. The van der Waals surface area contributed by atoms with Crippen LogP contribution in [0.25, 0.3) is 0 Å². The predicted molar refractivity (Wildman–Crippen MR) is 102 cm³/mol. The third-order valence-electron chi connectivity index (χ3n) is 4.17. The Bertz CT molecular complexity index is 919. The molecule has 132 valence electrons. The van der Waals surface area contributed by atoms with Crippen LogP contribution in [0.5, 0.6) is 0 Å². The Labute approximate surface area is 152 Å². The van der Waals surface area contributed by atoms with Crippen molar-refractivity contribution in [3.05, 3.63) is 47.5 Å². The lowest BCUT2D eigenvalue weighted by atomic mass is 10.1. The largest absolute Gasteiger partial charge is 0.325 e. The fourth-order valence-corrected chi connectivity index (χ4v) is 4.85. The lowest BCUT2D eigenvalue weighted by Crippen LogP contribution is -2.20. The molecule has 0 bridgehead atoms. The summed E-state index contributed by atoms with van der Waals surface area (Å²) in [5.41, 5.74) is 2.85. The average Bonchev–Trinajstić information content (AvgIpc) is 2.70. The molecule has 0 spiro atoms. The molecule has 1 atom stereocenters. The molecule has 1 aliphatic heterocycles. The van der Waals surface area contributed by atoms with E-state index in [4.69, 9.17) is 0 Å². The van der Waals surface area contributed by atoms with Crippen LogP contribution >= 0.6 is 11.8 Å². The number of thioether (sulfide) groups is 1. The Balaban J connectivity index is 1.96. The zero-order valence-corrected chi connectivity index (χ0v) is 15.9. The van der Waals surface area contributed by atoms with Gasteiger partial charge in [-0.1, -0.05) is 25.1 Å². The smallest absolute Gasteiger partial charge is 0.261 e. The summed E-state index contributed by atoms with van der Waals surface area (Å²) in [5.74, 6) is 0.458. The number of para-hydroxylation sites is 1. The summed E-state index contributed by atoms with van der Waals surface area (Å²) in [7, 11) is -3.75. The van der Waals surface area contributed by atoms with E-state index in [1.54, 1.807) is 23.9 Å². The zero-order valence-electron chi connectivity index (χ0n) is 14.3. The van der Waals surface area contributed by atoms with Gasteiger partial charge in [-0.25, -0.2) is 8.42 Å². The standard InChI is InChI=1S/C18H20N2O3S2/c1-11-5-4-6-12(2)17(11)20-25(22,23)14-7-8-16-15(9-14)19-18(21)13(3)10-24-16/h4-9,13,20H,10H2,1-3H3,(H,19,21)/t13-/m1/s1. The van der Waals surface area contributed by atoms with Crippen LogP contribution in [-0.2, 0) is 14.8 Å². The van der Waals surface area contributed by atoms with Crippen LogP contribution in [0.15, 0.2) is 46.2 Å². The van der Waals surface area contributed by atoms with Crippen molar-refractivity contribution in [1.29, 1.82) is 0 Å². The molecule has 0 saturated carbocycles. The molecule has 0 aromatic heterocycles. The molecule has 25 heavy (non-hydrogen) atoms. The normalized spacial score (nSPS) is 17.4. The number of hydrogen-bond donors (Lipinski definition) is 2. The van der Waals surface area contributed by atoms with Gasteiger partial charge in [0.2, 0.25) is 5.91 Å². The lowest BCUT2D eigenvalue weighted by molar-refractivity contribution is -0.118. The summed E-state index contributed by atoms with van der Waals surface area (Å²) in [6.45, 7) is 5.58. The topological polar surface area (TPSA) is 75.3 Å². The molecule has 2 aromatic carbocycles. The van der Waals surface area contributed by atoms with Crippen LogP contribution in [0.4, 0.5) is 11.4 Å². The number of benzene rings is 2. The van der Waals surface area contributed by atoms with Crippen molar-refractivity contribution in [3.8, 4) is 0 Å². The maximum Gasteiger partial charge on any atom is 0.261 e. The Morgan fingerprint density at radius 1 is 1.16 bits per heavy atom. The molecule has 0 aliphatic carbocycles. The molecular formula is C18H20N2O3S2. The highest BCUT2D eigenvalue weighted by Gasteiger charge is 2.23. The number of hydrogen-bond acceptors (Lipinski definition) is 4. The average molecular weight is 377 g/mol. The SMILES string of the molecule is Cc1cccc(C)c1NS(=O)(=O)c1ccc2c(c1)NC(=O)[C@H](C)CS2. The number of amides is 1. The van der Waals surface area contributed by atoms with Gasteiger partial charge in [-0.05, 0) is 43.2 Å². The van der Waals surface area contributed by atoms with Crippen LogP contribution in [0, 0.1) is 19.8 Å². The van der Waals surface area contributed by atoms with Gasteiger partial charge in [0.05, 0.1) is 16.3 Å². The summed E-state index contributed by atoms with van der Waals surface area (Å²) >= 11 is 1.55. The van der Waals surface area contributed by atoms with Crippen molar-refractivity contribution in [2.45, 2.75) is 30.6 Å². The number of carbonyl (C=O) groups is 1. The van der Waals surface area contributed by atoms with Crippen molar-refractivity contribution in [2.75, 3.05) is 15.8 Å². The van der Waals surface area contributed by atoms with E-state index in [1.165, 1.54) is 6.07 Å². The van der Waals surface area contributed by atoms with Crippen molar-refractivity contribution < 1.29 is 13.2 Å². The fraction of sp³-hybridized carbons (Fsp3) is 0.278. The van der Waals surface area contributed by atoms with Crippen LogP contribution in [0.2, 0.25) is 0 Å². The van der Waals surface area contributed by atoms with Crippen LogP contribution in [0.3, 0.4) is 0 Å². The van der Waals surface area contributed by atoms with Crippen LogP contribution in [0.1, 0.15) is 18.1 Å². The van der Waals surface area contributed by atoms with Crippen LogP contribution < -0.4 is 10.0 Å². The molecule has 1 heterocycles. The summed E-state index contributed by atoms with van der Waals surface area (Å²) in [6.07, 6.45) is 0. The van der Waals surface area contributed by atoms with E-state index in [9.17, 15) is 13.2 Å². The minimum absolute atomic E-state index is 0.0940. The number of carbonyl (C=O) groups excluding carboxylic acids is 1. The summed E-state index contributed by atoms with van der Waals surface area (Å²) in [5, 5.41) is 2.82. The molecular weight excluding hydrogens is 356 g/mol. The van der Waals surface area contributed by atoms with Gasteiger partial charge in [-0.15, -0.1) is 11.8 Å². The highest BCUT2D eigenvalue weighted by Crippen LogP contribution is 2.34. The second-order valence-electron chi connectivity index (χ2n) is 6.23. The van der Waals surface area contributed by atoms with E-state index >= 15 is 0 Å². The van der Waals surface area contributed by atoms with E-state index in [2.05, 4.69) is 10.0 Å². The first-order valence-electron chi connectivity index (χ1n) is 7.94. The van der Waals surface area contributed by atoms with Gasteiger partial charge in [0, 0.05) is 16.6 Å². The molecule has 0 radical (unpaired) electrons. The van der Waals surface area contributed by atoms with Gasteiger partial charge in [-0.3, -0.25) is 9.52 Å². The summed E-state index contributed by atoms with van der Waals surface area (Å²) in [4.78, 5) is 13.0. The maximum absolute atomic E-state index is 12.8. The summed E-state index contributed by atoms with van der Waals surface area (Å²) in [6, 6.07) is 10.5. The quantitative estimate of drug-likeness (QED) is 0.855. The third-order valence-corrected chi connectivity index (χ3v) is 6.85. The Morgan fingerprint density at radius 2 is 1.84 bits per heavy atom. The van der Waals surface area contributed by atoms with E-state index in [-0.39, 0.29) is 16.7 Å². The van der Waals surface area contributed by atoms with Crippen molar-refractivity contribution >= 4 is 39.1 Å². The third kappa shape index (κ3) is 3.67. The monoisotopic (exact) mass is 376 g/mol. The number of anilines is 2. The van der Waals surface area contributed by atoms with E-state index in [1.807, 2.05) is 39.0 Å². The van der Waals surface area contributed by atoms with Crippen molar-refractivity contribution in [2.24, 2.45) is 5.92 Å². The molecule has 1 aliphatic rings. The van der Waals surface area contributed by atoms with E-state index in [0.717, 1.165) is 16.0 Å². The number of rotatable bonds is 3. The number of nitrogens with one attached hydrogen (secondary N) is 2. The van der Waals surface area contributed by atoms with Crippen molar-refractivity contribution in [3.63, 3.8) is 0 Å². The molecule has 3 rings (SSSR count). The molecule has 0 saturated heterocycles. The first-order valence-corrected chi connectivity index (χ1v) is 10.4. The molecule has 0 unspecified atom stereocenters. The molecule has 2 N–H and O–H groups in total. The Morgan fingerprint density at radius 3 is 2.52 bits per heavy atom. The minimum Gasteiger partial charge on any atom is -0.325 e.